The SMILES string of the molecule is COc1ccc(N(CC(=O)N/N=C\c2ccc(OCc3ccc(Cl)cc3)cc2)S(=O)(=O)c2ccc(NC(C)=O)cc2)cc1. The molecule has 4 rings (SSSR count). The van der Waals surface area contributed by atoms with Crippen molar-refractivity contribution in [3.8, 4) is 11.5 Å². The van der Waals surface area contributed by atoms with Crippen LogP contribution < -0.4 is 24.5 Å². The van der Waals surface area contributed by atoms with Crippen LogP contribution in [0.15, 0.2) is 107 Å². The fraction of sp³-hybridized carbons (Fsp3) is 0.129. The maximum Gasteiger partial charge on any atom is 0.264 e. The lowest BCUT2D eigenvalue weighted by molar-refractivity contribution is -0.119. The minimum Gasteiger partial charge on any atom is -0.497 e. The molecule has 0 aromatic heterocycles. The third-order valence-electron chi connectivity index (χ3n) is 6.01. The Kier molecular flexibility index (Phi) is 10.4. The van der Waals surface area contributed by atoms with Gasteiger partial charge in [-0.3, -0.25) is 13.9 Å². The molecule has 0 saturated carbocycles. The predicted molar refractivity (Wildman–Crippen MR) is 166 cm³/mol. The van der Waals surface area contributed by atoms with Crippen molar-refractivity contribution in [3.63, 3.8) is 0 Å². The Balaban J connectivity index is 1.42. The van der Waals surface area contributed by atoms with Crippen molar-refractivity contribution in [1.29, 1.82) is 0 Å². The van der Waals surface area contributed by atoms with Crippen LogP contribution in [-0.2, 0) is 26.2 Å². The van der Waals surface area contributed by atoms with Crippen LogP contribution in [0.25, 0.3) is 0 Å². The van der Waals surface area contributed by atoms with Gasteiger partial charge in [-0.05, 0) is 96.1 Å². The first-order chi connectivity index (χ1) is 20.6. The van der Waals surface area contributed by atoms with E-state index in [0.717, 1.165) is 9.87 Å². The summed E-state index contributed by atoms with van der Waals surface area (Å²) in [6.07, 6.45) is 1.44. The maximum absolute atomic E-state index is 13.6. The zero-order valence-corrected chi connectivity index (χ0v) is 24.9. The normalized spacial score (nSPS) is 11.1. The van der Waals surface area contributed by atoms with Crippen molar-refractivity contribution in [1.82, 2.24) is 5.43 Å². The van der Waals surface area contributed by atoms with Gasteiger partial charge in [-0.15, -0.1) is 0 Å². The van der Waals surface area contributed by atoms with Crippen LogP contribution in [0.4, 0.5) is 11.4 Å². The fourth-order valence-corrected chi connectivity index (χ4v) is 5.39. The smallest absolute Gasteiger partial charge is 0.264 e. The zero-order valence-electron chi connectivity index (χ0n) is 23.4. The number of rotatable bonds is 12. The minimum atomic E-state index is -4.18. The molecule has 222 valence electrons. The van der Waals surface area contributed by atoms with Gasteiger partial charge in [0, 0.05) is 17.6 Å². The molecule has 12 heteroatoms. The predicted octanol–water partition coefficient (Wildman–Crippen LogP) is 5.23. The molecule has 10 nitrogen and oxygen atoms in total. The molecule has 0 unspecified atom stereocenters. The molecule has 0 aliphatic rings. The van der Waals surface area contributed by atoms with Gasteiger partial charge in [0.25, 0.3) is 15.9 Å². The van der Waals surface area contributed by atoms with Crippen molar-refractivity contribution in [2.45, 2.75) is 18.4 Å². The summed E-state index contributed by atoms with van der Waals surface area (Å²) in [4.78, 5) is 24.1. The van der Waals surface area contributed by atoms with E-state index in [1.807, 2.05) is 12.1 Å². The Labute approximate surface area is 254 Å². The van der Waals surface area contributed by atoms with Crippen molar-refractivity contribution >= 4 is 51.0 Å². The highest BCUT2D eigenvalue weighted by atomic mass is 35.5. The molecule has 0 spiro atoms. The number of anilines is 2. The second-order valence-electron chi connectivity index (χ2n) is 9.19. The molecular formula is C31H29ClN4O6S. The lowest BCUT2D eigenvalue weighted by atomic mass is 10.2. The number of halogens is 1. The number of ether oxygens (including phenoxy) is 2. The van der Waals surface area contributed by atoms with Crippen molar-refractivity contribution in [3.05, 3.63) is 113 Å². The Bertz CT molecular complexity index is 1680. The van der Waals surface area contributed by atoms with Crippen LogP contribution in [0.1, 0.15) is 18.1 Å². The summed E-state index contributed by atoms with van der Waals surface area (Å²) in [5.41, 5.74) is 4.74. The third-order valence-corrected chi connectivity index (χ3v) is 8.05. The van der Waals surface area contributed by atoms with Crippen LogP contribution in [-0.4, -0.2) is 40.1 Å². The first-order valence-corrected chi connectivity index (χ1v) is 14.8. The van der Waals surface area contributed by atoms with Gasteiger partial charge in [-0.2, -0.15) is 5.10 Å². The summed E-state index contributed by atoms with van der Waals surface area (Å²) in [5.74, 6) is 0.234. The molecule has 0 aliphatic heterocycles. The molecule has 0 saturated heterocycles. The molecule has 0 radical (unpaired) electrons. The number of nitrogens with one attached hydrogen (secondary N) is 2. The molecule has 0 atom stereocenters. The maximum atomic E-state index is 13.6. The van der Waals surface area contributed by atoms with E-state index in [1.54, 1.807) is 48.5 Å². The summed E-state index contributed by atoms with van der Waals surface area (Å²) in [6, 6.07) is 26.4. The average Bonchev–Trinajstić information content (AvgIpc) is 3.00. The van der Waals surface area contributed by atoms with E-state index in [0.29, 0.717) is 34.4 Å². The Morgan fingerprint density at radius 1 is 0.884 bits per heavy atom. The third kappa shape index (κ3) is 8.81. The van der Waals surface area contributed by atoms with Crippen LogP contribution >= 0.6 is 11.6 Å². The van der Waals surface area contributed by atoms with Crippen LogP contribution in [0.2, 0.25) is 5.02 Å². The average molecular weight is 621 g/mol. The lowest BCUT2D eigenvalue weighted by Crippen LogP contribution is -2.39. The van der Waals surface area contributed by atoms with E-state index in [4.69, 9.17) is 21.1 Å². The van der Waals surface area contributed by atoms with Crippen LogP contribution in [0.5, 0.6) is 11.5 Å². The Hall–Kier alpha value is -4.87. The van der Waals surface area contributed by atoms with Crippen LogP contribution in [0.3, 0.4) is 0 Å². The van der Waals surface area contributed by atoms with Gasteiger partial charge in [-0.1, -0.05) is 23.7 Å². The standard InChI is InChI=1S/C31H29ClN4O6S/c1-22(37)34-26-9-17-30(18-10-26)43(39,40)36(27-11-15-28(41-2)16-12-27)20-31(38)35-33-19-23-5-13-29(14-6-23)42-21-24-3-7-25(32)8-4-24/h3-19H,20-21H2,1-2H3,(H,34,37)(H,35,38)/b33-19-. The molecule has 43 heavy (non-hydrogen) atoms. The largest absolute Gasteiger partial charge is 0.497 e. The zero-order chi connectivity index (χ0) is 30.8. The number of nitrogens with zero attached hydrogens (tertiary/aromatic N) is 2. The first kappa shape index (κ1) is 31.1. The molecule has 0 aliphatic carbocycles. The minimum absolute atomic E-state index is 0.0629. The summed E-state index contributed by atoms with van der Waals surface area (Å²) in [7, 11) is -2.68. The van der Waals surface area contributed by atoms with E-state index in [-0.39, 0.29) is 16.5 Å². The summed E-state index contributed by atoms with van der Waals surface area (Å²) < 4.78 is 39.1. The van der Waals surface area contributed by atoms with Gasteiger partial charge in [0.2, 0.25) is 5.91 Å². The van der Waals surface area contributed by atoms with Gasteiger partial charge in [-0.25, -0.2) is 13.8 Å². The molecule has 4 aromatic carbocycles. The van der Waals surface area contributed by atoms with E-state index in [9.17, 15) is 18.0 Å². The number of carbonyl (C=O) groups excluding carboxylic acids is 2. The van der Waals surface area contributed by atoms with Gasteiger partial charge < -0.3 is 14.8 Å². The molecule has 2 N–H and O–H groups in total. The molecule has 4 aromatic rings. The first-order valence-electron chi connectivity index (χ1n) is 13.0. The molecule has 2 amide bonds. The highest BCUT2D eigenvalue weighted by Crippen LogP contribution is 2.26. The fourth-order valence-electron chi connectivity index (χ4n) is 3.85. The molecular weight excluding hydrogens is 592 g/mol. The van der Waals surface area contributed by atoms with Crippen molar-refractivity contribution in [2.24, 2.45) is 5.10 Å². The van der Waals surface area contributed by atoms with E-state index >= 15 is 0 Å². The van der Waals surface area contributed by atoms with Gasteiger partial charge in [0.1, 0.15) is 24.7 Å². The molecule has 0 heterocycles. The number of carbonyl (C=O) groups is 2. The second-order valence-corrected chi connectivity index (χ2v) is 11.5. The number of hydrogen-bond donors (Lipinski definition) is 2. The van der Waals surface area contributed by atoms with Gasteiger partial charge in [0.15, 0.2) is 0 Å². The Morgan fingerprint density at radius 3 is 2.12 bits per heavy atom. The number of amides is 2. The summed E-state index contributed by atoms with van der Waals surface area (Å²) in [5, 5.41) is 7.23. The lowest BCUT2D eigenvalue weighted by Gasteiger charge is -2.24. The molecule has 0 fully saturated rings. The van der Waals surface area contributed by atoms with E-state index in [2.05, 4.69) is 15.8 Å². The monoisotopic (exact) mass is 620 g/mol. The highest BCUT2D eigenvalue weighted by Gasteiger charge is 2.27. The topological polar surface area (TPSA) is 126 Å². The van der Waals surface area contributed by atoms with Gasteiger partial charge >= 0.3 is 0 Å². The highest BCUT2D eigenvalue weighted by molar-refractivity contribution is 7.92. The summed E-state index contributed by atoms with van der Waals surface area (Å²) in [6.45, 7) is 1.19. The number of hydrazone groups is 1. The number of benzene rings is 4. The van der Waals surface area contributed by atoms with Gasteiger partial charge in [0.05, 0.1) is 23.9 Å². The van der Waals surface area contributed by atoms with E-state index in [1.165, 1.54) is 56.6 Å². The van der Waals surface area contributed by atoms with Crippen molar-refractivity contribution < 1.29 is 27.5 Å². The van der Waals surface area contributed by atoms with E-state index < -0.39 is 22.5 Å². The van der Waals surface area contributed by atoms with Crippen LogP contribution in [0, 0.1) is 0 Å². The molecule has 0 bridgehead atoms. The van der Waals surface area contributed by atoms with Crippen molar-refractivity contribution in [2.75, 3.05) is 23.3 Å². The number of sulfonamides is 1. The Morgan fingerprint density at radius 2 is 1.51 bits per heavy atom. The summed E-state index contributed by atoms with van der Waals surface area (Å²) >= 11 is 5.91. The quantitative estimate of drug-likeness (QED) is 0.165. The number of hydrogen-bond acceptors (Lipinski definition) is 7. The second kappa shape index (κ2) is 14.3. The number of methoxy groups -OCH3 is 1.